The van der Waals surface area contributed by atoms with Crippen molar-refractivity contribution < 1.29 is 9.47 Å². The summed E-state index contributed by atoms with van der Waals surface area (Å²) in [4.78, 5) is 0. The highest BCUT2D eigenvalue weighted by Crippen LogP contribution is 2.33. The van der Waals surface area contributed by atoms with Gasteiger partial charge in [0, 0.05) is 19.1 Å². The van der Waals surface area contributed by atoms with E-state index in [0.717, 1.165) is 13.2 Å². The van der Waals surface area contributed by atoms with Crippen molar-refractivity contribution in [1.29, 1.82) is 0 Å². The smallest absolute Gasteiger partial charge is 0.0650 e. The zero-order chi connectivity index (χ0) is 10.7. The molecule has 3 unspecified atom stereocenters. The van der Waals surface area contributed by atoms with Crippen LogP contribution in [-0.2, 0) is 9.47 Å². The van der Waals surface area contributed by atoms with Gasteiger partial charge in [0.1, 0.15) is 0 Å². The quantitative estimate of drug-likeness (QED) is 0.700. The van der Waals surface area contributed by atoms with E-state index in [2.05, 4.69) is 13.8 Å². The Balaban J connectivity index is 1.96. The Morgan fingerprint density at radius 3 is 2.40 bits per heavy atom. The molecule has 0 spiro atoms. The Labute approximate surface area is 93.3 Å². The molecule has 2 heterocycles. The van der Waals surface area contributed by atoms with Crippen molar-refractivity contribution in [3.8, 4) is 0 Å². The van der Waals surface area contributed by atoms with Crippen LogP contribution in [-0.4, -0.2) is 25.4 Å². The summed E-state index contributed by atoms with van der Waals surface area (Å²) < 4.78 is 11.8. The van der Waals surface area contributed by atoms with E-state index in [1.807, 2.05) is 0 Å². The average molecular weight is 212 g/mol. The van der Waals surface area contributed by atoms with Crippen molar-refractivity contribution in [2.75, 3.05) is 13.2 Å². The third kappa shape index (κ3) is 2.73. The summed E-state index contributed by atoms with van der Waals surface area (Å²) in [5, 5.41) is 0. The lowest BCUT2D eigenvalue weighted by Gasteiger charge is -2.40. The fourth-order valence-electron chi connectivity index (χ4n) is 3.01. The Morgan fingerprint density at radius 2 is 1.73 bits per heavy atom. The molecule has 0 aromatic heterocycles. The molecule has 0 bridgehead atoms. The summed E-state index contributed by atoms with van der Waals surface area (Å²) in [7, 11) is 0. The summed E-state index contributed by atoms with van der Waals surface area (Å²) in [6, 6.07) is 0. The first-order chi connectivity index (χ1) is 7.29. The van der Waals surface area contributed by atoms with Crippen LogP contribution in [0.25, 0.3) is 0 Å². The molecule has 88 valence electrons. The molecule has 2 saturated heterocycles. The van der Waals surface area contributed by atoms with Gasteiger partial charge in [-0.2, -0.15) is 0 Å². The SMILES string of the molecule is CC(C)C1OCCCC1C1CCCCO1. The molecule has 2 aliphatic rings. The topological polar surface area (TPSA) is 18.5 Å². The van der Waals surface area contributed by atoms with Crippen LogP contribution >= 0.6 is 0 Å². The minimum Gasteiger partial charge on any atom is -0.378 e. The maximum Gasteiger partial charge on any atom is 0.0650 e. The lowest BCUT2D eigenvalue weighted by atomic mass is 9.81. The maximum atomic E-state index is 5.93. The number of rotatable bonds is 2. The first-order valence-corrected chi connectivity index (χ1v) is 6.52. The standard InChI is InChI=1S/C13H24O2/c1-10(2)13-11(6-5-9-15-13)12-7-3-4-8-14-12/h10-13H,3-9H2,1-2H3. The molecule has 0 aliphatic carbocycles. The lowest BCUT2D eigenvalue weighted by Crippen LogP contribution is -2.42. The molecule has 0 amide bonds. The highest BCUT2D eigenvalue weighted by atomic mass is 16.5. The summed E-state index contributed by atoms with van der Waals surface area (Å²) in [6.45, 7) is 6.45. The third-order valence-electron chi connectivity index (χ3n) is 3.76. The van der Waals surface area contributed by atoms with Crippen molar-refractivity contribution in [3.63, 3.8) is 0 Å². The van der Waals surface area contributed by atoms with Crippen molar-refractivity contribution in [3.05, 3.63) is 0 Å². The summed E-state index contributed by atoms with van der Waals surface area (Å²) in [6.07, 6.45) is 7.26. The van der Waals surface area contributed by atoms with Gasteiger partial charge in [0.2, 0.25) is 0 Å². The van der Waals surface area contributed by atoms with E-state index in [9.17, 15) is 0 Å². The van der Waals surface area contributed by atoms with Crippen molar-refractivity contribution in [2.24, 2.45) is 11.8 Å². The molecule has 15 heavy (non-hydrogen) atoms. The second-order valence-corrected chi connectivity index (χ2v) is 5.29. The molecule has 2 nitrogen and oxygen atoms in total. The highest BCUT2D eigenvalue weighted by Gasteiger charge is 2.35. The van der Waals surface area contributed by atoms with Gasteiger partial charge in [-0.25, -0.2) is 0 Å². The fraction of sp³-hybridized carbons (Fsp3) is 1.00. The molecular formula is C13H24O2. The molecule has 0 aromatic rings. The van der Waals surface area contributed by atoms with Crippen LogP contribution in [0.5, 0.6) is 0 Å². The Morgan fingerprint density at radius 1 is 0.933 bits per heavy atom. The molecule has 0 aromatic carbocycles. The molecule has 0 radical (unpaired) electrons. The van der Waals surface area contributed by atoms with Crippen LogP contribution in [0.3, 0.4) is 0 Å². The van der Waals surface area contributed by atoms with Crippen LogP contribution in [0.4, 0.5) is 0 Å². The normalized spacial score (nSPS) is 38.2. The van der Waals surface area contributed by atoms with Crippen LogP contribution in [0.1, 0.15) is 46.0 Å². The molecular weight excluding hydrogens is 188 g/mol. The van der Waals surface area contributed by atoms with Gasteiger partial charge in [-0.3, -0.25) is 0 Å². The Kier molecular flexibility index (Phi) is 4.04. The first-order valence-electron chi connectivity index (χ1n) is 6.52. The highest BCUT2D eigenvalue weighted by molar-refractivity contribution is 4.84. The Bertz CT molecular complexity index is 185. The number of ether oxygens (including phenoxy) is 2. The van der Waals surface area contributed by atoms with Gasteiger partial charge in [0.25, 0.3) is 0 Å². The van der Waals surface area contributed by atoms with Crippen LogP contribution < -0.4 is 0 Å². The molecule has 2 heteroatoms. The molecule has 2 aliphatic heterocycles. The first kappa shape index (κ1) is 11.4. The average Bonchev–Trinajstić information content (AvgIpc) is 2.30. The monoisotopic (exact) mass is 212 g/mol. The van der Waals surface area contributed by atoms with Gasteiger partial charge in [-0.05, 0) is 38.0 Å². The fourth-order valence-corrected chi connectivity index (χ4v) is 3.01. The van der Waals surface area contributed by atoms with Gasteiger partial charge < -0.3 is 9.47 Å². The summed E-state index contributed by atoms with van der Waals surface area (Å²) in [5.41, 5.74) is 0. The largest absolute Gasteiger partial charge is 0.378 e. The maximum absolute atomic E-state index is 5.93. The van der Waals surface area contributed by atoms with Crippen LogP contribution in [0.15, 0.2) is 0 Å². The van der Waals surface area contributed by atoms with E-state index in [0.29, 0.717) is 24.0 Å². The minimum absolute atomic E-state index is 0.432. The predicted octanol–water partition coefficient (Wildman–Crippen LogP) is 3.01. The zero-order valence-corrected chi connectivity index (χ0v) is 10.1. The van der Waals surface area contributed by atoms with Gasteiger partial charge in [-0.15, -0.1) is 0 Å². The number of hydrogen-bond donors (Lipinski definition) is 0. The molecule has 0 saturated carbocycles. The van der Waals surface area contributed by atoms with E-state index < -0.39 is 0 Å². The van der Waals surface area contributed by atoms with E-state index in [1.54, 1.807) is 0 Å². The van der Waals surface area contributed by atoms with E-state index in [1.165, 1.54) is 32.1 Å². The second kappa shape index (κ2) is 5.31. The van der Waals surface area contributed by atoms with Gasteiger partial charge in [0.15, 0.2) is 0 Å². The van der Waals surface area contributed by atoms with Gasteiger partial charge in [-0.1, -0.05) is 13.8 Å². The van der Waals surface area contributed by atoms with Gasteiger partial charge >= 0.3 is 0 Å². The molecule has 0 N–H and O–H groups in total. The third-order valence-corrected chi connectivity index (χ3v) is 3.76. The van der Waals surface area contributed by atoms with E-state index in [-0.39, 0.29) is 0 Å². The molecule has 3 atom stereocenters. The van der Waals surface area contributed by atoms with Crippen LogP contribution in [0.2, 0.25) is 0 Å². The van der Waals surface area contributed by atoms with Gasteiger partial charge in [0.05, 0.1) is 12.2 Å². The van der Waals surface area contributed by atoms with E-state index in [4.69, 9.17) is 9.47 Å². The lowest BCUT2D eigenvalue weighted by molar-refractivity contribution is -0.121. The summed E-state index contributed by atoms with van der Waals surface area (Å²) >= 11 is 0. The van der Waals surface area contributed by atoms with Crippen molar-refractivity contribution in [1.82, 2.24) is 0 Å². The molecule has 2 fully saturated rings. The van der Waals surface area contributed by atoms with Crippen molar-refractivity contribution in [2.45, 2.75) is 58.2 Å². The minimum atomic E-state index is 0.432. The molecule has 2 rings (SSSR count). The second-order valence-electron chi connectivity index (χ2n) is 5.29. The van der Waals surface area contributed by atoms with Crippen molar-refractivity contribution >= 4 is 0 Å². The van der Waals surface area contributed by atoms with Crippen LogP contribution in [0, 0.1) is 11.8 Å². The predicted molar refractivity (Wildman–Crippen MR) is 60.9 cm³/mol. The summed E-state index contributed by atoms with van der Waals surface area (Å²) in [5.74, 6) is 1.28. The number of hydrogen-bond acceptors (Lipinski definition) is 2. The van der Waals surface area contributed by atoms with E-state index >= 15 is 0 Å². The zero-order valence-electron chi connectivity index (χ0n) is 10.1. The Hall–Kier alpha value is -0.0800.